The molecule has 3 N–H and O–H groups in total. The van der Waals surface area contributed by atoms with Crippen LogP contribution >= 0.6 is 0 Å². The molecule has 0 fully saturated rings. The van der Waals surface area contributed by atoms with Gasteiger partial charge in [0.2, 0.25) is 0 Å². The highest BCUT2D eigenvalue weighted by molar-refractivity contribution is 5.97. The first-order chi connectivity index (χ1) is 8.56. The Balaban J connectivity index is 2.84. The number of hydrogen-bond acceptors (Lipinski definition) is 5. The number of oxime groups is 1. The smallest absolute Gasteiger partial charge is 0.170 e. The normalized spacial score (nSPS) is 11.7. The highest BCUT2D eigenvalue weighted by atomic mass is 16.5. The molecule has 0 spiro atoms. The van der Waals surface area contributed by atoms with Crippen molar-refractivity contribution < 1.29 is 14.7 Å². The van der Waals surface area contributed by atoms with Crippen molar-refractivity contribution in [3.8, 4) is 11.5 Å². The number of benzene rings is 1. The Bertz CT molecular complexity index is 419. The zero-order chi connectivity index (χ0) is 13.5. The van der Waals surface area contributed by atoms with Gasteiger partial charge in [0.25, 0.3) is 0 Å². The second kappa shape index (κ2) is 6.70. The van der Waals surface area contributed by atoms with Gasteiger partial charge in [-0.25, -0.2) is 0 Å². The van der Waals surface area contributed by atoms with Crippen LogP contribution in [0, 0.1) is 0 Å². The first-order valence-corrected chi connectivity index (χ1v) is 5.51. The first-order valence-electron chi connectivity index (χ1n) is 5.51. The summed E-state index contributed by atoms with van der Waals surface area (Å²) in [5.41, 5.74) is 6.10. The van der Waals surface area contributed by atoms with E-state index in [1.54, 1.807) is 25.3 Å². The summed E-state index contributed by atoms with van der Waals surface area (Å²) in [4.78, 5) is 2.02. The van der Waals surface area contributed by atoms with E-state index in [-0.39, 0.29) is 5.84 Å². The van der Waals surface area contributed by atoms with Crippen LogP contribution in [-0.4, -0.2) is 50.3 Å². The zero-order valence-corrected chi connectivity index (χ0v) is 10.9. The Hall–Kier alpha value is -1.95. The van der Waals surface area contributed by atoms with Crippen LogP contribution in [0.25, 0.3) is 0 Å². The Labute approximate surface area is 107 Å². The molecule has 0 heterocycles. The lowest BCUT2D eigenvalue weighted by molar-refractivity contribution is 0.260. The number of nitrogens with zero attached hydrogens (tertiary/aromatic N) is 2. The first kappa shape index (κ1) is 14.1. The average molecular weight is 253 g/mol. The van der Waals surface area contributed by atoms with Gasteiger partial charge in [0.1, 0.15) is 18.1 Å². The minimum absolute atomic E-state index is 0.0198. The SMILES string of the molecule is COc1cc(OCCN(C)C)cc(/C(N)=N/O)c1. The van der Waals surface area contributed by atoms with E-state index in [9.17, 15) is 0 Å². The molecule has 0 bridgehead atoms. The Morgan fingerprint density at radius 3 is 2.56 bits per heavy atom. The van der Waals surface area contributed by atoms with Gasteiger partial charge in [-0.05, 0) is 26.2 Å². The molecule has 6 heteroatoms. The van der Waals surface area contributed by atoms with Gasteiger partial charge in [0.15, 0.2) is 5.84 Å². The van der Waals surface area contributed by atoms with Crippen molar-refractivity contribution in [2.75, 3.05) is 34.4 Å². The summed E-state index contributed by atoms with van der Waals surface area (Å²) >= 11 is 0. The van der Waals surface area contributed by atoms with Gasteiger partial charge in [0.05, 0.1) is 7.11 Å². The van der Waals surface area contributed by atoms with E-state index in [0.29, 0.717) is 23.7 Å². The molecule has 1 aromatic carbocycles. The molecule has 0 atom stereocenters. The van der Waals surface area contributed by atoms with Crippen LogP contribution in [0.15, 0.2) is 23.4 Å². The molecule has 100 valence electrons. The molecule has 0 aromatic heterocycles. The van der Waals surface area contributed by atoms with Gasteiger partial charge in [-0.15, -0.1) is 0 Å². The van der Waals surface area contributed by atoms with E-state index in [2.05, 4.69) is 5.16 Å². The lowest BCUT2D eigenvalue weighted by atomic mass is 10.2. The standard InChI is InChI=1S/C12H19N3O3/c1-15(2)4-5-18-11-7-9(12(13)14-16)6-10(8-11)17-3/h6-8,16H,4-5H2,1-3H3,(H2,13,14). The molecule has 1 aromatic rings. The number of methoxy groups -OCH3 is 1. The van der Waals surface area contributed by atoms with Crippen molar-refractivity contribution in [1.29, 1.82) is 0 Å². The lowest BCUT2D eigenvalue weighted by Gasteiger charge is -2.12. The minimum atomic E-state index is 0.0198. The number of amidine groups is 1. The summed E-state index contributed by atoms with van der Waals surface area (Å²) in [5.74, 6) is 1.24. The third-order valence-electron chi connectivity index (χ3n) is 2.33. The molecular formula is C12H19N3O3. The molecule has 0 aliphatic carbocycles. The lowest BCUT2D eigenvalue weighted by Crippen LogP contribution is -2.19. The van der Waals surface area contributed by atoms with Crippen molar-refractivity contribution in [2.24, 2.45) is 10.9 Å². The molecule has 1 rings (SSSR count). The van der Waals surface area contributed by atoms with E-state index < -0.39 is 0 Å². The Morgan fingerprint density at radius 1 is 1.33 bits per heavy atom. The molecule has 0 unspecified atom stereocenters. The summed E-state index contributed by atoms with van der Waals surface area (Å²) in [5, 5.41) is 11.6. The molecule has 0 radical (unpaired) electrons. The number of rotatable bonds is 6. The fourth-order valence-electron chi connectivity index (χ4n) is 1.32. The van der Waals surface area contributed by atoms with Crippen molar-refractivity contribution in [2.45, 2.75) is 0 Å². The van der Waals surface area contributed by atoms with E-state index in [1.807, 2.05) is 19.0 Å². The van der Waals surface area contributed by atoms with Crippen LogP contribution in [0.2, 0.25) is 0 Å². The molecule has 0 amide bonds. The number of ether oxygens (including phenoxy) is 2. The van der Waals surface area contributed by atoms with Crippen LogP contribution in [-0.2, 0) is 0 Å². The van der Waals surface area contributed by atoms with Crippen LogP contribution in [0.5, 0.6) is 11.5 Å². The van der Waals surface area contributed by atoms with Gasteiger partial charge < -0.3 is 25.3 Å². The summed E-state index contributed by atoms with van der Waals surface area (Å²) in [6.07, 6.45) is 0. The summed E-state index contributed by atoms with van der Waals surface area (Å²) < 4.78 is 10.7. The predicted molar refractivity (Wildman–Crippen MR) is 69.6 cm³/mol. The molecule has 0 aliphatic heterocycles. The average Bonchev–Trinajstić information content (AvgIpc) is 2.36. The minimum Gasteiger partial charge on any atom is -0.497 e. The molecule has 0 aliphatic rings. The maximum Gasteiger partial charge on any atom is 0.170 e. The maximum absolute atomic E-state index is 8.67. The summed E-state index contributed by atoms with van der Waals surface area (Å²) in [6.45, 7) is 1.35. The van der Waals surface area contributed by atoms with E-state index in [0.717, 1.165) is 6.54 Å². The van der Waals surface area contributed by atoms with Crippen molar-refractivity contribution >= 4 is 5.84 Å². The maximum atomic E-state index is 8.67. The van der Waals surface area contributed by atoms with Gasteiger partial charge in [-0.3, -0.25) is 0 Å². The van der Waals surface area contributed by atoms with Gasteiger partial charge in [-0.1, -0.05) is 5.16 Å². The highest BCUT2D eigenvalue weighted by Gasteiger charge is 2.06. The Morgan fingerprint density at radius 2 is 2.00 bits per heavy atom. The van der Waals surface area contributed by atoms with E-state index in [4.69, 9.17) is 20.4 Å². The fraction of sp³-hybridized carbons (Fsp3) is 0.417. The molecule has 6 nitrogen and oxygen atoms in total. The topological polar surface area (TPSA) is 80.3 Å². The van der Waals surface area contributed by atoms with Crippen LogP contribution in [0.1, 0.15) is 5.56 Å². The van der Waals surface area contributed by atoms with Crippen molar-refractivity contribution in [3.63, 3.8) is 0 Å². The zero-order valence-electron chi connectivity index (χ0n) is 10.9. The summed E-state index contributed by atoms with van der Waals surface area (Å²) in [6, 6.07) is 5.13. The third kappa shape index (κ3) is 4.14. The van der Waals surface area contributed by atoms with Crippen molar-refractivity contribution in [3.05, 3.63) is 23.8 Å². The number of nitrogens with two attached hydrogens (primary N) is 1. The van der Waals surface area contributed by atoms with Gasteiger partial charge >= 0.3 is 0 Å². The molecule has 0 saturated carbocycles. The van der Waals surface area contributed by atoms with Gasteiger partial charge in [-0.2, -0.15) is 0 Å². The van der Waals surface area contributed by atoms with Crippen LogP contribution in [0.4, 0.5) is 0 Å². The third-order valence-corrected chi connectivity index (χ3v) is 2.33. The second-order valence-electron chi connectivity index (χ2n) is 4.03. The second-order valence-corrected chi connectivity index (χ2v) is 4.03. The van der Waals surface area contributed by atoms with Crippen molar-refractivity contribution in [1.82, 2.24) is 4.90 Å². The number of hydrogen-bond donors (Lipinski definition) is 2. The van der Waals surface area contributed by atoms with E-state index >= 15 is 0 Å². The molecular weight excluding hydrogens is 234 g/mol. The highest BCUT2D eigenvalue weighted by Crippen LogP contribution is 2.22. The Kier molecular flexibility index (Phi) is 5.26. The van der Waals surface area contributed by atoms with E-state index in [1.165, 1.54) is 0 Å². The fourth-order valence-corrected chi connectivity index (χ4v) is 1.32. The van der Waals surface area contributed by atoms with Crippen LogP contribution in [0.3, 0.4) is 0 Å². The largest absolute Gasteiger partial charge is 0.497 e. The quantitative estimate of drug-likeness (QED) is 0.338. The number of likely N-dealkylation sites (N-methyl/N-ethyl adjacent to an activating group) is 1. The van der Waals surface area contributed by atoms with Gasteiger partial charge in [0, 0.05) is 18.2 Å². The summed E-state index contributed by atoms with van der Waals surface area (Å²) in [7, 11) is 5.49. The monoisotopic (exact) mass is 253 g/mol. The predicted octanol–water partition coefficient (Wildman–Crippen LogP) is 0.730. The molecule has 18 heavy (non-hydrogen) atoms. The van der Waals surface area contributed by atoms with Crippen LogP contribution < -0.4 is 15.2 Å². The molecule has 0 saturated heterocycles.